The number of piperazine rings is 1. The number of carbonyl (C=O) groups excluding carboxylic acids is 6. The van der Waals surface area contributed by atoms with Gasteiger partial charge in [0.2, 0.25) is 17.7 Å². The first-order valence-corrected chi connectivity index (χ1v) is 26.2. The van der Waals surface area contributed by atoms with E-state index in [0.717, 1.165) is 60.0 Å². The fourth-order valence-corrected chi connectivity index (χ4v) is 9.79. The Kier molecular flexibility index (Phi) is 19.5. The SMILES string of the molecule is Cc1ncsc1-c1ccc(CNC(=O)[C@@H]2C[C@@H](O)CN2C(=O)[C@@H](NC(=O)COCCOCCN2CCN(CC#Cc3ccc4c(c3)N(C)C(=O)[C@@H](NC(=O)C(=O)N[C@H](C)c3ccccc3)CO4)CC2)C(C)(C)C)cc1. The van der Waals surface area contributed by atoms with E-state index in [-0.39, 0.29) is 51.8 Å². The molecule has 5 atom stereocenters. The molecule has 3 aliphatic rings. The maximum absolute atomic E-state index is 14.0. The maximum Gasteiger partial charge on any atom is 0.310 e. The van der Waals surface area contributed by atoms with Gasteiger partial charge >= 0.3 is 11.8 Å². The summed E-state index contributed by atoms with van der Waals surface area (Å²) in [6.45, 7) is 14.6. The van der Waals surface area contributed by atoms with Gasteiger partial charge in [-0.15, -0.1) is 11.3 Å². The van der Waals surface area contributed by atoms with Gasteiger partial charge in [0.25, 0.3) is 5.91 Å². The monoisotopic (exact) mass is 1050 g/mol. The van der Waals surface area contributed by atoms with Crippen molar-refractivity contribution in [1.82, 2.24) is 41.0 Å². The summed E-state index contributed by atoms with van der Waals surface area (Å²) in [5.74, 6) is 3.41. The molecule has 3 aromatic carbocycles. The number of carbonyl (C=O) groups is 6. The van der Waals surface area contributed by atoms with Gasteiger partial charge in [0, 0.05) is 64.8 Å². The lowest BCUT2D eigenvalue weighted by Gasteiger charge is -2.35. The van der Waals surface area contributed by atoms with Crippen LogP contribution >= 0.6 is 11.3 Å². The molecule has 0 unspecified atom stereocenters. The quantitative estimate of drug-likeness (QED) is 0.0550. The minimum absolute atomic E-state index is 0.0209. The highest BCUT2D eigenvalue weighted by molar-refractivity contribution is 7.13. The number of benzene rings is 3. The average Bonchev–Trinajstić information content (AvgIpc) is 4.00. The van der Waals surface area contributed by atoms with Gasteiger partial charge in [-0.25, -0.2) is 4.98 Å². The fourth-order valence-electron chi connectivity index (χ4n) is 8.98. The molecule has 0 spiro atoms. The summed E-state index contributed by atoms with van der Waals surface area (Å²) in [5.41, 5.74) is 6.05. The van der Waals surface area contributed by atoms with E-state index in [1.165, 1.54) is 9.80 Å². The zero-order chi connectivity index (χ0) is 53.6. The second-order valence-electron chi connectivity index (χ2n) is 20.1. The number of likely N-dealkylation sites (tertiary alicyclic amines) is 1. The van der Waals surface area contributed by atoms with Crippen molar-refractivity contribution in [2.45, 2.75) is 77.9 Å². The summed E-state index contributed by atoms with van der Waals surface area (Å²) in [4.78, 5) is 92.2. The Balaban J connectivity index is 0.764. The lowest BCUT2D eigenvalue weighted by Crippen LogP contribution is -2.58. The Hall–Kier alpha value is -6.73. The van der Waals surface area contributed by atoms with E-state index in [1.54, 1.807) is 37.4 Å². The molecular formula is C55H69N9O10S. The van der Waals surface area contributed by atoms with Gasteiger partial charge in [-0.3, -0.25) is 38.6 Å². The van der Waals surface area contributed by atoms with Crippen LogP contribution in [0.3, 0.4) is 0 Å². The highest BCUT2D eigenvalue weighted by atomic mass is 32.1. The van der Waals surface area contributed by atoms with Crippen LogP contribution in [0.4, 0.5) is 5.69 Å². The van der Waals surface area contributed by atoms with Crippen molar-refractivity contribution in [3.8, 4) is 28.0 Å². The van der Waals surface area contributed by atoms with Gasteiger partial charge in [-0.2, -0.15) is 0 Å². The van der Waals surface area contributed by atoms with E-state index >= 15 is 0 Å². The van der Waals surface area contributed by atoms with Gasteiger partial charge in [-0.05, 0) is 54.2 Å². The number of ether oxygens (including phenoxy) is 3. The number of hydrogen-bond acceptors (Lipinski definition) is 14. The predicted octanol–water partition coefficient (Wildman–Crippen LogP) is 2.65. The zero-order valence-electron chi connectivity index (χ0n) is 43.6. The van der Waals surface area contributed by atoms with Crippen molar-refractivity contribution in [2.75, 3.05) is 90.8 Å². The average molecular weight is 1050 g/mol. The standard InChI is InChI=1S/C55H69N9O10S/c1-36(40-12-8-7-9-13-40)58-51(68)52(69)59-43-33-74-46-19-16-38(29-44(46)61(6)53(43)70)11-10-20-62-21-23-63(24-22-62)25-26-72-27-28-73-34-47(66)60-49(55(3,4)5)54(71)64-32-42(65)30-45(64)50(67)56-31-39-14-17-41(18-15-39)48-37(2)57-35-75-48/h7-9,12-19,29,35-36,42-43,45,49,65H,20-28,30-34H2,1-6H3,(H,56,67)(H,58,68)(H,59,69)(H,60,66)/t36-,42-,43+,45+,49-/m1/s1. The van der Waals surface area contributed by atoms with Crippen LogP contribution in [0.2, 0.25) is 0 Å². The fraction of sp³-hybridized carbons (Fsp3) is 0.473. The van der Waals surface area contributed by atoms with Crippen LogP contribution in [0, 0.1) is 24.2 Å². The number of aliphatic hydroxyl groups is 1. The maximum atomic E-state index is 14.0. The summed E-state index contributed by atoms with van der Waals surface area (Å²) in [6, 6.07) is 19.1. The lowest BCUT2D eigenvalue weighted by molar-refractivity contribution is -0.144. The van der Waals surface area contributed by atoms with E-state index in [4.69, 9.17) is 14.2 Å². The summed E-state index contributed by atoms with van der Waals surface area (Å²) in [6.07, 6.45) is -0.786. The molecule has 0 bridgehead atoms. The molecule has 0 saturated carbocycles. The number of aromatic nitrogens is 1. The third-order valence-corrected chi connectivity index (χ3v) is 14.4. The van der Waals surface area contributed by atoms with Crippen LogP contribution < -0.4 is 30.9 Å². The van der Waals surface area contributed by atoms with Crippen LogP contribution in [0.15, 0.2) is 78.3 Å². The molecule has 5 N–H and O–H groups in total. The third-order valence-electron chi connectivity index (χ3n) is 13.4. The topological polar surface area (TPSA) is 224 Å². The first-order chi connectivity index (χ1) is 35.9. The largest absolute Gasteiger partial charge is 0.489 e. The van der Waals surface area contributed by atoms with Crippen molar-refractivity contribution in [1.29, 1.82) is 0 Å². The summed E-state index contributed by atoms with van der Waals surface area (Å²) >= 11 is 1.57. The number of likely N-dealkylation sites (N-methyl/N-ethyl adjacent to an activating group) is 1. The Bertz CT molecular complexity index is 2700. The molecule has 20 heteroatoms. The van der Waals surface area contributed by atoms with E-state index in [0.29, 0.717) is 30.2 Å². The van der Waals surface area contributed by atoms with Crippen LogP contribution in [-0.2, 0) is 44.8 Å². The Labute approximate surface area is 442 Å². The van der Waals surface area contributed by atoms with E-state index in [9.17, 15) is 33.9 Å². The Morgan fingerprint density at radius 1 is 0.920 bits per heavy atom. The molecule has 2 fully saturated rings. The second-order valence-corrected chi connectivity index (χ2v) is 20.9. The van der Waals surface area contributed by atoms with Gasteiger partial charge in [-0.1, -0.05) is 87.2 Å². The summed E-state index contributed by atoms with van der Waals surface area (Å²) < 4.78 is 17.3. The Morgan fingerprint density at radius 2 is 1.64 bits per heavy atom. The van der Waals surface area contributed by atoms with Crippen molar-refractivity contribution < 1.29 is 48.1 Å². The number of rotatable bonds is 18. The third kappa shape index (κ3) is 15.4. The molecule has 0 radical (unpaired) electrons. The van der Waals surface area contributed by atoms with Gasteiger partial charge < -0.3 is 50.4 Å². The number of thiazole rings is 1. The van der Waals surface area contributed by atoms with Crippen molar-refractivity contribution in [3.63, 3.8) is 0 Å². The molecule has 4 heterocycles. The molecule has 75 heavy (non-hydrogen) atoms. The van der Waals surface area contributed by atoms with Crippen LogP contribution in [0.1, 0.15) is 62.5 Å². The van der Waals surface area contributed by atoms with E-state index < -0.39 is 65.2 Å². The zero-order valence-corrected chi connectivity index (χ0v) is 44.4. The van der Waals surface area contributed by atoms with E-state index in [1.807, 2.05) is 93.9 Å². The highest BCUT2D eigenvalue weighted by Crippen LogP contribution is 2.32. The van der Waals surface area contributed by atoms with Gasteiger partial charge in [0.15, 0.2) is 0 Å². The number of aryl methyl sites for hydroxylation is 1. The van der Waals surface area contributed by atoms with Gasteiger partial charge in [0.1, 0.15) is 37.1 Å². The van der Waals surface area contributed by atoms with Crippen LogP contribution in [-0.4, -0.2) is 170 Å². The molecule has 2 saturated heterocycles. The number of anilines is 1. The Morgan fingerprint density at radius 3 is 2.35 bits per heavy atom. The minimum atomic E-state index is -1.07. The number of nitrogens with one attached hydrogen (secondary N) is 4. The molecule has 6 amide bonds. The number of β-amino-alcohol motifs (C(OH)–C–C–N with tert-alkyl or cyclic N) is 1. The van der Waals surface area contributed by atoms with Gasteiger partial charge in [0.05, 0.1) is 60.3 Å². The number of nitrogens with zero attached hydrogens (tertiary/aromatic N) is 5. The number of hydrogen-bond donors (Lipinski definition) is 5. The molecule has 400 valence electrons. The van der Waals surface area contributed by atoms with Crippen LogP contribution in [0.5, 0.6) is 5.75 Å². The van der Waals surface area contributed by atoms with E-state index in [2.05, 4.69) is 47.9 Å². The summed E-state index contributed by atoms with van der Waals surface area (Å²) in [7, 11) is 1.59. The number of amides is 6. The van der Waals surface area contributed by atoms with Crippen molar-refractivity contribution >= 4 is 52.5 Å². The first-order valence-electron chi connectivity index (χ1n) is 25.3. The van der Waals surface area contributed by atoms with Crippen molar-refractivity contribution in [3.05, 3.63) is 101 Å². The second kappa shape index (κ2) is 26.2. The number of aliphatic hydroxyl groups excluding tert-OH is 1. The minimum Gasteiger partial charge on any atom is -0.489 e. The smallest absolute Gasteiger partial charge is 0.310 e. The molecule has 1 aromatic heterocycles. The predicted molar refractivity (Wildman–Crippen MR) is 283 cm³/mol. The molecule has 19 nitrogen and oxygen atoms in total. The molecule has 0 aliphatic carbocycles. The van der Waals surface area contributed by atoms with Crippen molar-refractivity contribution in [2.24, 2.45) is 5.41 Å². The molecular weight excluding hydrogens is 979 g/mol. The highest BCUT2D eigenvalue weighted by Gasteiger charge is 2.44. The summed E-state index contributed by atoms with van der Waals surface area (Å²) in [5, 5.41) is 21.5. The molecule has 7 rings (SSSR count). The normalized spacial score (nSPS) is 18.9. The molecule has 3 aliphatic heterocycles. The van der Waals surface area contributed by atoms with Crippen LogP contribution in [0.25, 0.3) is 10.4 Å². The number of fused-ring (bicyclic) bond motifs is 1. The molecule has 4 aromatic rings. The first kappa shape index (κ1) is 56.0. The lowest BCUT2D eigenvalue weighted by atomic mass is 9.85.